The molecule has 2 heterocycles. The van der Waals surface area contributed by atoms with E-state index in [-0.39, 0.29) is 5.54 Å². The van der Waals surface area contributed by atoms with Crippen LogP contribution < -0.4 is 10.2 Å². The normalized spacial score (nSPS) is 23.9. The molecule has 1 N–H and O–H groups in total. The van der Waals surface area contributed by atoms with Crippen molar-refractivity contribution in [3.05, 3.63) is 24.0 Å². The number of nitrogens with one attached hydrogen (secondary N) is 1. The van der Waals surface area contributed by atoms with Crippen LogP contribution in [0.1, 0.15) is 40.2 Å². The highest BCUT2D eigenvalue weighted by molar-refractivity contribution is 8.00. The third kappa shape index (κ3) is 3.89. The van der Waals surface area contributed by atoms with Gasteiger partial charge in [-0.15, -0.1) is 0 Å². The van der Waals surface area contributed by atoms with Gasteiger partial charge in [0, 0.05) is 41.9 Å². The lowest BCUT2D eigenvalue weighted by atomic mass is 10.1. The fraction of sp³-hybridized carbons (Fsp3) is 0.688. The van der Waals surface area contributed by atoms with Crippen LogP contribution in [0.25, 0.3) is 0 Å². The molecule has 2 unspecified atom stereocenters. The number of nitrogens with zero attached hydrogens (tertiary/aromatic N) is 2. The molecule has 112 valence electrons. The van der Waals surface area contributed by atoms with Gasteiger partial charge in [-0.1, -0.05) is 6.92 Å². The number of pyridine rings is 1. The molecular formula is C16H27N3S. The first kappa shape index (κ1) is 15.6. The number of anilines is 1. The maximum atomic E-state index is 4.35. The van der Waals surface area contributed by atoms with Gasteiger partial charge < -0.3 is 10.2 Å². The van der Waals surface area contributed by atoms with E-state index in [1.165, 1.54) is 17.0 Å². The molecule has 1 aromatic heterocycles. The second-order valence-corrected chi connectivity index (χ2v) is 8.10. The van der Waals surface area contributed by atoms with E-state index in [4.69, 9.17) is 0 Å². The Bertz CT molecular complexity index is 442. The number of hydrogen-bond acceptors (Lipinski definition) is 4. The van der Waals surface area contributed by atoms with E-state index in [1.807, 2.05) is 12.4 Å². The predicted octanol–water partition coefficient (Wildman–Crippen LogP) is 3.30. The molecule has 0 radical (unpaired) electrons. The summed E-state index contributed by atoms with van der Waals surface area (Å²) < 4.78 is 0. The van der Waals surface area contributed by atoms with Crippen LogP contribution >= 0.6 is 11.8 Å². The van der Waals surface area contributed by atoms with Gasteiger partial charge >= 0.3 is 0 Å². The zero-order valence-electron chi connectivity index (χ0n) is 13.3. The van der Waals surface area contributed by atoms with Gasteiger partial charge in [-0.25, -0.2) is 0 Å². The van der Waals surface area contributed by atoms with Gasteiger partial charge in [0.25, 0.3) is 0 Å². The van der Waals surface area contributed by atoms with Crippen molar-refractivity contribution in [3.63, 3.8) is 0 Å². The maximum Gasteiger partial charge on any atom is 0.0601 e. The molecule has 0 saturated carbocycles. The average molecular weight is 293 g/mol. The molecule has 1 aliphatic heterocycles. The fourth-order valence-corrected chi connectivity index (χ4v) is 3.56. The second kappa shape index (κ2) is 6.35. The Kier molecular flexibility index (Phi) is 4.97. The summed E-state index contributed by atoms with van der Waals surface area (Å²) in [6.07, 6.45) is 3.93. The summed E-state index contributed by atoms with van der Waals surface area (Å²) in [5.41, 5.74) is 2.78. The Morgan fingerprint density at radius 1 is 1.40 bits per heavy atom. The minimum absolute atomic E-state index is 0.136. The standard InChI is InChI=1S/C16H27N3S/c1-12-13(2)20-9-8-19(12)15-11-17-7-6-14(15)10-18-16(3,4)5/h6-7,11-13,18H,8-10H2,1-5H3. The highest BCUT2D eigenvalue weighted by Crippen LogP contribution is 2.30. The van der Waals surface area contributed by atoms with Crippen LogP contribution in [0, 0.1) is 0 Å². The van der Waals surface area contributed by atoms with Crippen LogP contribution in [0.2, 0.25) is 0 Å². The number of rotatable bonds is 3. The summed E-state index contributed by atoms with van der Waals surface area (Å²) in [6.45, 7) is 13.3. The number of aromatic nitrogens is 1. The number of hydrogen-bond donors (Lipinski definition) is 1. The summed E-state index contributed by atoms with van der Waals surface area (Å²) in [4.78, 5) is 6.87. The van der Waals surface area contributed by atoms with Crippen molar-refractivity contribution in [3.8, 4) is 0 Å². The lowest BCUT2D eigenvalue weighted by molar-refractivity contribution is 0.424. The molecule has 0 aromatic carbocycles. The lowest BCUT2D eigenvalue weighted by Gasteiger charge is -2.40. The first-order valence-electron chi connectivity index (χ1n) is 7.44. The van der Waals surface area contributed by atoms with Crippen molar-refractivity contribution in [2.24, 2.45) is 0 Å². The van der Waals surface area contributed by atoms with E-state index in [9.17, 15) is 0 Å². The molecule has 3 nitrogen and oxygen atoms in total. The Labute approximate surface area is 127 Å². The molecule has 1 fully saturated rings. The van der Waals surface area contributed by atoms with Crippen LogP contribution in [-0.4, -0.2) is 34.1 Å². The molecular weight excluding hydrogens is 266 g/mol. The molecule has 4 heteroatoms. The zero-order chi connectivity index (χ0) is 14.8. The third-order valence-corrected chi connectivity index (χ3v) is 5.23. The Morgan fingerprint density at radius 2 is 2.15 bits per heavy atom. The summed E-state index contributed by atoms with van der Waals surface area (Å²) in [6, 6.07) is 2.71. The van der Waals surface area contributed by atoms with Gasteiger partial charge in [-0.05, 0) is 39.3 Å². The molecule has 0 amide bonds. The Balaban J connectivity index is 2.18. The SMILES string of the molecule is CC1SCCN(c2cnccc2CNC(C)(C)C)C1C. The average Bonchev–Trinajstić information content (AvgIpc) is 2.39. The second-order valence-electron chi connectivity index (χ2n) is 6.62. The van der Waals surface area contributed by atoms with Crippen LogP contribution in [0.4, 0.5) is 5.69 Å². The van der Waals surface area contributed by atoms with Gasteiger partial charge in [0.05, 0.1) is 11.9 Å². The van der Waals surface area contributed by atoms with Crippen molar-refractivity contribution >= 4 is 17.4 Å². The largest absolute Gasteiger partial charge is 0.365 e. The van der Waals surface area contributed by atoms with Crippen LogP contribution in [0.5, 0.6) is 0 Å². The first-order valence-corrected chi connectivity index (χ1v) is 8.49. The minimum Gasteiger partial charge on any atom is -0.365 e. The van der Waals surface area contributed by atoms with Gasteiger partial charge in [-0.3, -0.25) is 4.98 Å². The fourth-order valence-electron chi connectivity index (χ4n) is 2.46. The summed E-state index contributed by atoms with van der Waals surface area (Å²) in [5.74, 6) is 1.20. The van der Waals surface area contributed by atoms with Crippen molar-refractivity contribution in [1.29, 1.82) is 0 Å². The highest BCUT2D eigenvalue weighted by atomic mass is 32.2. The quantitative estimate of drug-likeness (QED) is 0.925. The molecule has 0 spiro atoms. The smallest absolute Gasteiger partial charge is 0.0601 e. The van der Waals surface area contributed by atoms with Gasteiger partial charge in [-0.2, -0.15) is 11.8 Å². The zero-order valence-corrected chi connectivity index (χ0v) is 14.1. The van der Waals surface area contributed by atoms with E-state index < -0.39 is 0 Å². The van der Waals surface area contributed by atoms with E-state index >= 15 is 0 Å². The molecule has 2 rings (SSSR count). The van der Waals surface area contributed by atoms with E-state index in [0.717, 1.165) is 13.1 Å². The third-order valence-electron chi connectivity index (χ3n) is 3.89. The summed E-state index contributed by atoms with van der Waals surface area (Å²) in [7, 11) is 0. The minimum atomic E-state index is 0.136. The predicted molar refractivity (Wildman–Crippen MR) is 89.6 cm³/mol. The monoisotopic (exact) mass is 293 g/mol. The molecule has 0 aliphatic carbocycles. The van der Waals surface area contributed by atoms with Gasteiger partial charge in [0.15, 0.2) is 0 Å². The molecule has 1 saturated heterocycles. The maximum absolute atomic E-state index is 4.35. The Hall–Kier alpha value is -0.740. The number of thioether (sulfide) groups is 1. The lowest BCUT2D eigenvalue weighted by Crippen LogP contribution is -2.45. The molecule has 2 atom stereocenters. The Morgan fingerprint density at radius 3 is 2.85 bits per heavy atom. The summed E-state index contributed by atoms with van der Waals surface area (Å²) in [5, 5.41) is 4.26. The topological polar surface area (TPSA) is 28.2 Å². The van der Waals surface area contributed by atoms with Crippen molar-refractivity contribution < 1.29 is 0 Å². The van der Waals surface area contributed by atoms with Crippen molar-refractivity contribution in [2.45, 2.75) is 58.0 Å². The van der Waals surface area contributed by atoms with Crippen LogP contribution in [0.15, 0.2) is 18.5 Å². The summed E-state index contributed by atoms with van der Waals surface area (Å²) >= 11 is 2.07. The van der Waals surface area contributed by atoms with Gasteiger partial charge in [0.1, 0.15) is 0 Å². The van der Waals surface area contributed by atoms with Crippen molar-refractivity contribution in [1.82, 2.24) is 10.3 Å². The van der Waals surface area contributed by atoms with E-state index in [0.29, 0.717) is 11.3 Å². The first-order chi connectivity index (χ1) is 9.38. The highest BCUT2D eigenvalue weighted by Gasteiger charge is 2.27. The van der Waals surface area contributed by atoms with Crippen molar-refractivity contribution in [2.75, 3.05) is 17.2 Å². The van der Waals surface area contributed by atoms with Crippen LogP contribution in [0.3, 0.4) is 0 Å². The van der Waals surface area contributed by atoms with E-state index in [1.54, 1.807) is 0 Å². The molecule has 1 aromatic rings. The molecule has 20 heavy (non-hydrogen) atoms. The molecule has 0 bridgehead atoms. The van der Waals surface area contributed by atoms with Crippen LogP contribution in [-0.2, 0) is 6.54 Å². The van der Waals surface area contributed by atoms with Gasteiger partial charge in [0.2, 0.25) is 0 Å². The van der Waals surface area contributed by atoms with E-state index in [2.05, 4.69) is 67.6 Å². The molecule has 1 aliphatic rings.